The molecule has 2 heterocycles. The number of oxime groups is 1. The monoisotopic (exact) mass is 319 g/mol. The minimum Gasteiger partial charge on any atom is -0.409 e. The predicted molar refractivity (Wildman–Crippen MR) is 75.7 cm³/mol. The molecule has 8 nitrogen and oxygen atoms in total. The van der Waals surface area contributed by atoms with E-state index in [2.05, 4.69) is 10.5 Å². The van der Waals surface area contributed by atoms with Gasteiger partial charge in [-0.3, -0.25) is 4.79 Å². The highest BCUT2D eigenvalue weighted by molar-refractivity contribution is 7.91. The Labute approximate surface area is 123 Å². The Balaban J connectivity index is 1.99. The number of carbonyl (C=O) groups is 1. The lowest BCUT2D eigenvalue weighted by Gasteiger charge is -2.34. The number of nitrogens with zero attached hydrogens (tertiary/aromatic N) is 1. The van der Waals surface area contributed by atoms with Crippen molar-refractivity contribution < 1.29 is 23.2 Å². The van der Waals surface area contributed by atoms with Crippen molar-refractivity contribution in [1.29, 1.82) is 0 Å². The second-order valence-electron chi connectivity index (χ2n) is 5.66. The van der Waals surface area contributed by atoms with Crippen LogP contribution in [0.3, 0.4) is 0 Å². The van der Waals surface area contributed by atoms with Gasteiger partial charge in [-0.05, 0) is 25.2 Å². The lowest BCUT2D eigenvalue weighted by molar-refractivity contribution is -0.131. The number of sulfone groups is 1. The summed E-state index contributed by atoms with van der Waals surface area (Å²) in [5.74, 6) is -0.240. The van der Waals surface area contributed by atoms with Gasteiger partial charge in [0.1, 0.15) is 5.41 Å². The lowest BCUT2D eigenvalue weighted by Crippen LogP contribution is -2.53. The molecule has 1 atom stereocenters. The van der Waals surface area contributed by atoms with Crippen LogP contribution in [0.25, 0.3) is 0 Å². The number of hydrogen-bond donors (Lipinski definition) is 3. The molecule has 0 aromatic heterocycles. The summed E-state index contributed by atoms with van der Waals surface area (Å²) in [6.07, 6.45) is 1.25. The number of rotatable bonds is 4. The standard InChI is InChI=1S/C12H21N3O5S/c13-10(15-17)12(2-4-20-5-3-12)11(16)14-7-9-1-6-21(18,19)8-9/h9,17H,1-8H2,(H2,13,15)(H,14,16). The molecule has 4 N–H and O–H groups in total. The fraction of sp³-hybridized carbons (Fsp3) is 0.833. The summed E-state index contributed by atoms with van der Waals surface area (Å²) in [4.78, 5) is 12.5. The van der Waals surface area contributed by atoms with E-state index in [1.165, 1.54) is 0 Å². The predicted octanol–water partition coefficient (Wildman–Crippen LogP) is -0.919. The SMILES string of the molecule is NC(=NO)C1(C(=O)NCC2CCS(=O)(=O)C2)CCOCC1. The molecular formula is C12H21N3O5S. The average Bonchev–Trinajstić information content (AvgIpc) is 2.83. The van der Waals surface area contributed by atoms with Gasteiger partial charge in [-0.15, -0.1) is 0 Å². The topological polar surface area (TPSA) is 131 Å². The van der Waals surface area contributed by atoms with E-state index in [1.807, 2.05) is 0 Å². The zero-order chi connectivity index (χ0) is 15.5. The van der Waals surface area contributed by atoms with E-state index in [0.717, 1.165) is 0 Å². The highest BCUT2D eigenvalue weighted by Gasteiger charge is 2.44. The van der Waals surface area contributed by atoms with E-state index < -0.39 is 15.3 Å². The van der Waals surface area contributed by atoms with Crippen molar-refractivity contribution in [3.05, 3.63) is 0 Å². The van der Waals surface area contributed by atoms with Crippen LogP contribution in [0.15, 0.2) is 5.16 Å². The number of hydrogen-bond acceptors (Lipinski definition) is 6. The van der Waals surface area contributed by atoms with Crippen LogP contribution in [0.1, 0.15) is 19.3 Å². The van der Waals surface area contributed by atoms with Gasteiger partial charge < -0.3 is 21.0 Å². The summed E-state index contributed by atoms with van der Waals surface area (Å²) in [6, 6.07) is 0. The van der Waals surface area contributed by atoms with Crippen LogP contribution >= 0.6 is 0 Å². The maximum absolute atomic E-state index is 12.5. The van der Waals surface area contributed by atoms with Crippen LogP contribution in [0, 0.1) is 11.3 Å². The number of ether oxygens (including phenoxy) is 1. The molecule has 0 saturated carbocycles. The van der Waals surface area contributed by atoms with Gasteiger partial charge in [-0.25, -0.2) is 8.42 Å². The van der Waals surface area contributed by atoms with Gasteiger partial charge in [-0.2, -0.15) is 0 Å². The van der Waals surface area contributed by atoms with Gasteiger partial charge in [0, 0.05) is 19.8 Å². The molecule has 2 aliphatic rings. The smallest absolute Gasteiger partial charge is 0.234 e. The Morgan fingerprint density at radius 2 is 2.10 bits per heavy atom. The molecule has 0 aromatic rings. The third kappa shape index (κ3) is 3.46. The largest absolute Gasteiger partial charge is 0.409 e. The minimum atomic E-state index is -2.96. The van der Waals surface area contributed by atoms with Gasteiger partial charge in [0.2, 0.25) is 5.91 Å². The average molecular weight is 319 g/mol. The summed E-state index contributed by atoms with van der Waals surface area (Å²) >= 11 is 0. The lowest BCUT2D eigenvalue weighted by atomic mass is 9.78. The van der Waals surface area contributed by atoms with Gasteiger partial charge in [-0.1, -0.05) is 5.16 Å². The third-order valence-electron chi connectivity index (χ3n) is 4.26. The van der Waals surface area contributed by atoms with Crippen LogP contribution < -0.4 is 11.1 Å². The molecule has 9 heteroatoms. The first-order valence-corrected chi connectivity index (χ1v) is 8.76. The van der Waals surface area contributed by atoms with Crippen LogP contribution in [-0.4, -0.2) is 56.6 Å². The summed E-state index contributed by atoms with van der Waals surface area (Å²) in [7, 11) is -2.96. The van der Waals surface area contributed by atoms with E-state index in [9.17, 15) is 13.2 Å². The molecule has 2 rings (SSSR count). The minimum absolute atomic E-state index is 0.0665. The number of nitrogens with two attached hydrogens (primary N) is 1. The second-order valence-corrected chi connectivity index (χ2v) is 7.89. The summed E-state index contributed by atoms with van der Waals surface area (Å²) in [5.41, 5.74) is 4.63. The van der Waals surface area contributed by atoms with Crippen LogP contribution in [-0.2, 0) is 19.4 Å². The fourth-order valence-corrected chi connectivity index (χ4v) is 4.72. The van der Waals surface area contributed by atoms with E-state index in [0.29, 0.717) is 39.0 Å². The molecule has 0 aliphatic carbocycles. The Hall–Kier alpha value is -1.35. The molecule has 2 fully saturated rings. The molecule has 0 spiro atoms. The zero-order valence-electron chi connectivity index (χ0n) is 11.7. The van der Waals surface area contributed by atoms with E-state index in [1.54, 1.807) is 0 Å². The van der Waals surface area contributed by atoms with Crippen LogP contribution in [0.4, 0.5) is 0 Å². The molecule has 21 heavy (non-hydrogen) atoms. The van der Waals surface area contributed by atoms with Crippen LogP contribution in [0.5, 0.6) is 0 Å². The number of amidine groups is 1. The Bertz CT molecular complexity index is 525. The van der Waals surface area contributed by atoms with Crippen molar-refractivity contribution in [2.45, 2.75) is 19.3 Å². The van der Waals surface area contributed by atoms with Crippen molar-refractivity contribution in [2.24, 2.45) is 22.2 Å². The molecule has 1 amide bonds. The number of nitrogens with one attached hydrogen (secondary N) is 1. The Morgan fingerprint density at radius 1 is 1.43 bits per heavy atom. The molecule has 1 unspecified atom stereocenters. The van der Waals surface area contributed by atoms with E-state index in [4.69, 9.17) is 15.7 Å². The van der Waals surface area contributed by atoms with E-state index in [-0.39, 0.29) is 29.2 Å². The van der Waals surface area contributed by atoms with Gasteiger partial charge in [0.05, 0.1) is 11.5 Å². The highest BCUT2D eigenvalue weighted by Crippen LogP contribution is 2.31. The van der Waals surface area contributed by atoms with Gasteiger partial charge in [0.25, 0.3) is 0 Å². The maximum atomic E-state index is 12.5. The Morgan fingerprint density at radius 3 is 2.62 bits per heavy atom. The van der Waals surface area contributed by atoms with Crippen molar-refractivity contribution in [3.63, 3.8) is 0 Å². The summed E-state index contributed by atoms with van der Waals surface area (Å²) in [6.45, 7) is 1.02. The van der Waals surface area contributed by atoms with Gasteiger partial charge in [0.15, 0.2) is 15.7 Å². The normalized spacial score (nSPS) is 28.2. The van der Waals surface area contributed by atoms with Gasteiger partial charge >= 0.3 is 0 Å². The Kier molecular flexibility index (Phi) is 4.72. The quantitative estimate of drug-likeness (QED) is 0.266. The van der Waals surface area contributed by atoms with Crippen molar-refractivity contribution in [1.82, 2.24) is 5.32 Å². The fourth-order valence-electron chi connectivity index (χ4n) is 2.85. The maximum Gasteiger partial charge on any atom is 0.234 e. The zero-order valence-corrected chi connectivity index (χ0v) is 12.6. The highest BCUT2D eigenvalue weighted by atomic mass is 32.2. The van der Waals surface area contributed by atoms with Crippen molar-refractivity contribution in [3.8, 4) is 0 Å². The molecule has 0 bridgehead atoms. The summed E-state index contributed by atoms with van der Waals surface area (Å²) < 4.78 is 28.0. The molecular weight excluding hydrogens is 298 g/mol. The third-order valence-corrected chi connectivity index (χ3v) is 6.09. The van der Waals surface area contributed by atoms with Crippen molar-refractivity contribution in [2.75, 3.05) is 31.3 Å². The number of carbonyl (C=O) groups excluding carboxylic acids is 1. The number of amides is 1. The first kappa shape index (κ1) is 16.0. The molecule has 120 valence electrons. The molecule has 2 saturated heterocycles. The first-order chi connectivity index (χ1) is 9.89. The molecule has 0 radical (unpaired) electrons. The first-order valence-electron chi connectivity index (χ1n) is 6.94. The molecule has 2 aliphatic heterocycles. The van der Waals surface area contributed by atoms with Crippen LogP contribution in [0.2, 0.25) is 0 Å². The second kappa shape index (κ2) is 6.18. The summed E-state index contributed by atoms with van der Waals surface area (Å²) in [5, 5.41) is 14.7. The van der Waals surface area contributed by atoms with E-state index >= 15 is 0 Å². The van der Waals surface area contributed by atoms with Crippen molar-refractivity contribution >= 4 is 21.6 Å². The molecule has 0 aromatic carbocycles.